The molecule has 0 aromatic carbocycles. The molecule has 0 aliphatic heterocycles. The Kier molecular flexibility index (Phi) is 6.00. The molecule has 0 unspecified atom stereocenters. The van der Waals surface area contributed by atoms with E-state index >= 15 is 0 Å². The van der Waals surface area contributed by atoms with E-state index < -0.39 is 18.7 Å². The molecule has 6 nitrogen and oxygen atoms in total. The van der Waals surface area contributed by atoms with Crippen LogP contribution in [0.4, 0.5) is 13.2 Å². The second-order valence-corrected chi connectivity index (χ2v) is 5.52. The fraction of sp³-hybridized carbons (Fsp3) is 0.438. The largest absolute Gasteiger partial charge is 0.467 e. The summed E-state index contributed by atoms with van der Waals surface area (Å²) in [5, 5.41) is 6.97. The standard InChI is InChI=1S/C16H19F3N4O2/c1-11-9-12(2)23(22-11)8-4-7-20-14(24)13-5-3-6-21-15(13)25-10-16(17,18)19/h3,5-6,9H,4,7-8,10H2,1-2H3,(H,20,24). The van der Waals surface area contributed by atoms with Crippen molar-refractivity contribution in [2.75, 3.05) is 13.2 Å². The lowest BCUT2D eigenvalue weighted by Crippen LogP contribution is -2.27. The molecule has 2 aromatic heterocycles. The Balaban J connectivity index is 1.87. The summed E-state index contributed by atoms with van der Waals surface area (Å²) in [4.78, 5) is 15.8. The van der Waals surface area contributed by atoms with Crippen molar-refractivity contribution in [3.63, 3.8) is 0 Å². The highest BCUT2D eigenvalue weighted by Crippen LogP contribution is 2.19. The van der Waals surface area contributed by atoms with Gasteiger partial charge in [-0.25, -0.2) is 4.98 Å². The van der Waals surface area contributed by atoms with Gasteiger partial charge in [0, 0.05) is 25.0 Å². The van der Waals surface area contributed by atoms with Crippen LogP contribution in [0.25, 0.3) is 0 Å². The molecule has 0 spiro atoms. The second-order valence-electron chi connectivity index (χ2n) is 5.52. The van der Waals surface area contributed by atoms with E-state index in [0.717, 1.165) is 11.4 Å². The van der Waals surface area contributed by atoms with Crippen LogP contribution in [-0.4, -0.2) is 40.0 Å². The van der Waals surface area contributed by atoms with Crippen LogP contribution in [0, 0.1) is 13.8 Å². The Morgan fingerprint density at radius 1 is 1.36 bits per heavy atom. The number of pyridine rings is 1. The number of alkyl halides is 3. The van der Waals surface area contributed by atoms with Gasteiger partial charge >= 0.3 is 6.18 Å². The number of rotatable bonds is 7. The van der Waals surface area contributed by atoms with Crippen molar-refractivity contribution in [1.82, 2.24) is 20.1 Å². The first-order valence-electron chi connectivity index (χ1n) is 7.70. The van der Waals surface area contributed by atoms with Crippen LogP contribution >= 0.6 is 0 Å². The molecule has 1 amide bonds. The molecule has 0 atom stereocenters. The van der Waals surface area contributed by atoms with E-state index in [0.29, 0.717) is 19.5 Å². The van der Waals surface area contributed by atoms with Crippen LogP contribution in [0.1, 0.15) is 28.2 Å². The summed E-state index contributed by atoms with van der Waals surface area (Å²) in [6.07, 6.45) is -2.59. The van der Waals surface area contributed by atoms with Gasteiger partial charge in [-0.05, 0) is 38.5 Å². The lowest BCUT2D eigenvalue weighted by atomic mass is 10.2. The third-order valence-electron chi connectivity index (χ3n) is 3.32. The zero-order valence-electron chi connectivity index (χ0n) is 13.9. The molecule has 0 saturated carbocycles. The molecule has 0 aliphatic rings. The average molecular weight is 356 g/mol. The average Bonchev–Trinajstić information content (AvgIpc) is 2.86. The van der Waals surface area contributed by atoms with E-state index in [1.807, 2.05) is 24.6 Å². The molecule has 0 bridgehead atoms. The molecule has 0 aliphatic carbocycles. The minimum atomic E-state index is -4.50. The van der Waals surface area contributed by atoms with Gasteiger partial charge < -0.3 is 10.1 Å². The van der Waals surface area contributed by atoms with Gasteiger partial charge in [-0.15, -0.1) is 0 Å². The topological polar surface area (TPSA) is 69.0 Å². The van der Waals surface area contributed by atoms with Crippen LogP contribution in [-0.2, 0) is 6.54 Å². The number of aromatic nitrogens is 3. The van der Waals surface area contributed by atoms with Gasteiger partial charge in [-0.2, -0.15) is 18.3 Å². The minimum Gasteiger partial charge on any atom is -0.467 e. The number of nitrogens with zero attached hydrogens (tertiary/aromatic N) is 3. The minimum absolute atomic E-state index is 0.0298. The Hall–Kier alpha value is -2.58. The smallest absolute Gasteiger partial charge is 0.422 e. The van der Waals surface area contributed by atoms with Gasteiger partial charge in [-0.1, -0.05) is 0 Å². The zero-order valence-corrected chi connectivity index (χ0v) is 13.9. The quantitative estimate of drug-likeness (QED) is 0.775. The SMILES string of the molecule is Cc1cc(C)n(CCCNC(=O)c2cccnc2OCC(F)(F)F)n1. The van der Waals surface area contributed by atoms with Gasteiger partial charge in [-0.3, -0.25) is 9.48 Å². The summed E-state index contributed by atoms with van der Waals surface area (Å²) < 4.78 is 43.2. The van der Waals surface area contributed by atoms with Crippen molar-refractivity contribution >= 4 is 5.91 Å². The van der Waals surface area contributed by atoms with Crippen LogP contribution < -0.4 is 10.1 Å². The Morgan fingerprint density at radius 2 is 2.12 bits per heavy atom. The van der Waals surface area contributed by atoms with E-state index in [1.165, 1.54) is 18.3 Å². The molecular weight excluding hydrogens is 337 g/mol. The molecule has 2 heterocycles. The molecule has 2 rings (SSSR count). The van der Waals surface area contributed by atoms with Gasteiger partial charge in [0.15, 0.2) is 6.61 Å². The number of nitrogens with one attached hydrogen (secondary N) is 1. The molecule has 0 saturated heterocycles. The van der Waals surface area contributed by atoms with Gasteiger partial charge in [0.2, 0.25) is 5.88 Å². The number of aryl methyl sites for hydroxylation is 3. The summed E-state index contributed by atoms with van der Waals surface area (Å²) in [5.41, 5.74) is 1.92. The van der Waals surface area contributed by atoms with Crippen LogP contribution in [0.15, 0.2) is 24.4 Å². The summed E-state index contributed by atoms with van der Waals surface area (Å²) in [6, 6.07) is 4.79. The normalized spacial score (nSPS) is 11.4. The number of hydrogen-bond donors (Lipinski definition) is 1. The number of hydrogen-bond acceptors (Lipinski definition) is 4. The van der Waals surface area contributed by atoms with E-state index in [9.17, 15) is 18.0 Å². The fourth-order valence-corrected chi connectivity index (χ4v) is 2.26. The Bertz CT molecular complexity index is 728. The highest BCUT2D eigenvalue weighted by atomic mass is 19.4. The summed E-state index contributed by atoms with van der Waals surface area (Å²) in [7, 11) is 0. The first-order valence-corrected chi connectivity index (χ1v) is 7.70. The predicted molar refractivity (Wildman–Crippen MR) is 84.4 cm³/mol. The molecule has 136 valence electrons. The predicted octanol–water partition coefficient (Wildman–Crippen LogP) is 2.66. The first kappa shape index (κ1) is 18.8. The number of carbonyl (C=O) groups is 1. The lowest BCUT2D eigenvalue weighted by Gasteiger charge is -2.12. The van der Waals surface area contributed by atoms with E-state index in [1.54, 1.807) is 0 Å². The maximum absolute atomic E-state index is 12.3. The molecule has 25 heavy (non-hydrogen) atoms. The number of halogens is 3. The summed E-state index contributed by atoms with van der Waals surface area (Å²) in [5.74, 6) is -0.866. The molecule has 0 radical (unpaired) electrons. The van der Waals surface area contributed by atoms with E-state index in [-0.39, 0.29) is 11.4 Å². The van der Waals surface area contributed by atoms with Crippen molar-refractivity contribution < 1.29 is 22.7 Å². The van der Waals surface area contributed by atoms with Crippen molar-refractivity contribution in [3.05, 3.63) is 41.3 Å². The fourth-order valence-electron chi connectivity index (χ4n) is 2.26. The Morgan fingerprint density at radius 3 is 2.76 bits per heavy atom. The lowest BCUT2D eigenvalue weighted by molar-refractivity contribution is -0.154. The molecule has 9 heteroatoms. The van der Waals surface area contributed by atoms with E-state index in [2.05, 4.69) is 20.1 Å². The molecule has 0 fully saturated rings. The number of ether oxygens (including phenoxy) is 1. The maximum Gasteiger partial charge on any atom is 0.422 e. The maximum atomic E-state index is 12.3. The van der Waals surface area contributed by atoms with Crippen molar-refractivity contribution in [1.29, 1.82) is 0 Å². The monoisotopic (exact) mass is 356 g/mol. The van der Waals surface area contributed by atoms with Crippen molar-refractivity contribution in [3.8, 4) is 5.88 Å². The summed E-state index contributed by atoms with van der Waals surface area (Å²) >= 11 is 0. The van der Waals surface area contributed by atoms with E-state index in [4.69, 9.17) is 0 Å². The molecular formula is C16H19F3N4O2. The van der Waals surface area contributed by atoms with Gasteiger partial charge in [0.25, 0.3) is 5.91 Å². The Labute approximate surface area is 143 Å². The van der Waals surface area contributed by atoms with Crippen LogP contribution in [0.2, 0.25) is 0 Å². The first-order chi connectivity index (χ1) is 11.8. The summed E-state index contributed by atoms with van der Waals surface area (Å²) in [6.45, 7) is 3.33. The molecule has 1 N–H and O–H groups in total. The van der Waals surface area contributed by atoms with Gasteiger partial charge in [0.1, 0.15) is 5.56 Å². The third kappa shape index (κ3) is 5.77. The highest BCUT2D eigenvalue weighted by Gasteiger charge is 2.29. The second kappa shape index (κ2) is 8.00. The van der Waals surface area contributed by atoms with Crippen molar-refractivity contribution in [2.24, 2.45) is 0 Å². The number of carbonyl (C=O) groups excluding carboxylic acids is 1. The van der Waals surface area contributed by atoms with Crippen LogP contribution in [0.3, 0.4) is 0 Å². The third-order valence-corrected chi connectivity index (χ3v) is 3.32. The zero-order chi connectivity index (χ0) is 18.4. The van der Waals surface area contributed by atoms with Gasteiger partial charge in [0.05, 0.1) is 5.69 Å². The van der Waals surface area contributed by atoms with Crippen molar-refractivity contribution in [2.45, 2.75) is 33.0 Å². The number of amides is 1. The highest BCUT2D eigenvalue weighted by molar-refractivity contribution is 5.96. The molecule has 2 aromatic rings. The van der Waals surface area contributed by atoms with Crippen LogP contribution in [0.5, 0.6) is 5.88 Å².